The first-order valence-corrected chi connectivity index (χ1v) is 5.36. The van der Waals surface area contributed by atoms with Crippen molar-refractivity contribution in [3.63, 3.8) is 0 Å². The van der Waals surface area contributed by atoms with E-state index in [2.05, 4.69) is 4.98 Å². The van der Waals surface area contributed by atoms with E-state index in [1.165, 1.54) is 23.6 Å². The Kier molecular flexibility index (Phi) is 2.82. The van der Waals surface area contributed by atoms with Gasteiger partial charge in [0.15, 0.2) is 5.43 Å². The van der Waals surface area contributed by atoms with Crippen molar-refractivity contribution in [2.24, 2.45) is 0 Å². The number of carboxylic acids is 1. The van der Waals surface area contributed by atoms with Gasteiger partial charge < -0.3 is 9.67 Å². The van der Waals surface area contributed by atoms with Crippen LogP contribution in [-0.2, 0) is 6.54 Å². The molecule has 0 unspecified atom stereocenters. The predicted molar refractivity (Wildman–Crippen MR) is 58.9 cm³/mol. The predicted octanol–water partition coefficient (Wildman–Crippen LogP) is 1.05. The lowest BCUT2D eigenvalue weighted by molar-refractivity contribution is 0.0694. The van der Waals surface area contributed by atoms with Gasteiger partial charge in [-0.15, -0.1) is 11.3 Å². The summed E-state index contributed by atoms with van der Waals surface area (Å²) in [5.74, 6) is -1.21. The zero-order chi connectivity index (χ0) is 11.5. The molecule has 82 valence electrons. The molecule has 5 nitrogen and oxygen atoms in total. The lowest BCUT2D eigenvalue weighted by Gasteiger charge is -2.04. The summed E-state index contributed by atoms with van der Waals surface area (Å²) < 4.78 is 1.63. The molecule has 0 amide bonds. The molecule has 1 N–H and O–H groups in total. The molecule has 0 atom stereocenters. The van der Waals surface area contributed by atoms with Crippen molar-refractivity contribution in [1.82, 2.24) is 9.55 Å². The quantitative estimate of drug-likeness (QED) is 0.864. The minimum Gasteiger partial charge on any atom is -0.477 e. The van der Waals surface area contributed by atoms with Gasteiger partial charge in [0.25, 0.3) is 0 Å². The maximum absolute atomic E-state index is 11.2. The Morgan fingerprint density at radius 3 is 3.00 bits per heavy atom. The maximum Gasteiger partial charge on any atom is 0.341 e. The third-order valence-electron chi connectivity index (χ3n) is 2.01. The number of carbonyl (C=O) groups is 1. The molecule has 0 fully saturated rings. The maximum atomic E-state index is 11.2. The van der Waals surface area contributed by atoms with Crippen LogP contribution in [0, 0.1) is 0 Å². The monoisotopic (exact) mass is 236 g/mol. The second-order valence-electron chi connectivity index (χ2n) is 3.13. The van der Waals surface area contributed by atoms with Gasteiger partial charge in [-0.2, -0.15) is 0 Å². The fourth-order valence-corrected chi connectivity index (χ4v) is 1.90. The number of aromatic nitrogens is 2. The van der Waals surface area contributed by atoms with Gasteiger partial charge in [-0.25, -0.2) is 9.78 Å². The van der Waals surface area contributed by atoms with Gasteiger partial charge in [0.05, 0.1) is 6.54 Å². The first-order valence-electron chi connectivity index (χ1n) is 4.48. The summed E-state index contributed by atoms with van der Waals surface area (Å²) in [6.07, 6.45) is 4.56. The lowest BCUT2D eigenvalue weighted by Crippen LogP contribution is -2.16. The van der Waals surface area contributed by atoms with E-state index in [0.717, 1.165) is 5.01 Å². The zero-order valence-electron chi connectivity index (χ0n) is 8.16. The molecule has 0 radical (unpaired) electrons. The van der Waals surface area contributed by atoms with E-state index in [1.54, 1.807) is 17.0 Å². The molecular formula is C10H8N2O3S. The molecule has 16 heavy (non-hydrogen) atoms. The number of rotatable bonds is 3. The summed E-state index contributed by atoms with van der Waals surface area (Å²) in [7, 11) is 0. The molecule has 0 bridgehead atoms. The van der Waals surface area contributed by atoms with Crippen molar-refractivity contribution in [2.75, 3.05) is 0 Å². The molecule has 2 aromatic rings. The lowest BCUT2D eigenvalue weighted by atomic mass is 10.3. The Bertz CT molecular complexity index is 560. The summed E-state index contributed by atoms with van der Waals surface area (Å²) >= 11 is 1.48. The first-order chi connectivity index (χ1) is 7.66. The van der Waals surface area contributed by atoms with Gasteiger partial charge in [0, 0.05) is 30.0 Å². The summed E-state index contributed by atoms with van der Waals surface area (Å²) in [5, 5.41) is 11.5. The van der Waals surface area contributed by atoms with Crippen LogP contribution in [0.2, 0.25) is 0 Å². The zero-order valence-corrected chi connectivity index (χ0v) is 8.98. The normalized spacial score (nSPS) is 10.2. The molecule has 0 spiro atoms. The summed E-state index contributed by atoms with van der Waals surface area (Å²) in [6.45, 7) is 0.470. The highest BCUT2D eigenvalue weighted by atomic mass is 32.1. The van der Waals surface area contributed by atoms with E-state index in [0.29, 0.717) is 6.54 Å². The molecule has 0 saturated heterocycles. The van der Waals surface area contributed by atoms with Crippen molar-refractivity contribution in [3.05, 3.63) is 50.8 Å². The van der Waals surface area contributed by atoms with E-state index < -0.39 is 11.4 Å². The molecule has 2 rings (SSSR count). The number of hydrogen-bond acceptors (Lipinski definition) is 4. The van der Waals surface area contributed by atoms with Crippen molar-refractivity contribution in [2.45, 2.75) is 6.54 Å². The highest BCUT2D eigenvalue weighted by Gasteiger charge is 2.08. The Morgan fingerprint density at radius 1 is 1.56 bits per heavy atom. The van der Waals surface area contributed by atoms with Crippen LogP contribution in [0.25, 0.3) is 0 Å². The average Bonchev–Trinajstić information content (AvgIpc) is 2.73. The fraction of sp³-hybridized carbons (Fsp3) is 0.100. The Balaban J connectivity index is 2.33. The first kappa shape index (κ1) is 10.6. The van der Waals surface area contributed by atoms with Gasteiger partial charge in [0.1, 0.15) is 10.6 Å². The molecule has 6 heteroatoms. The van der Waals surface area contributed by atoms with Crippen molar-refractivity contribution >= 4 is 17.3 Å². The second-order valence-corrected chi connectivity index (χ2v) is 4.11. The van der Waals surface area contributed by atoms with Gasteiger partial charge in [-0.1, -0.05) is 0 Å². The topological polar surface area (TPSA) is 72.2 Å². The molecule has 0 aliphatic heterocycles. The van der Waals surface area contributed by atoms with E-state index in [4.69, 9.17) is 5.11 Å². The molecule has 0 aliphatic rings. The number of carboxylic acid groups (broad SMARTS) is 1. The second kappa shape index (κ2) is 4.28. The minimum atomic E-state index is -1.21. The van der Waals surface area contributed by atoms with Crippen LogP contribution in [0.3, 0.4) is 0 Å². The van der Waals surface area contributed by atoms with E-state index in [9.17, 15) is 9.59 Å². The molecule has 2 aromatic heterocycles. The minimum absolute atomic E-state index is 0.223. The van der Waals surface area contributed by atoms with Gasteiger partial charge in [0.2, 0.25) is 0 Å². The highest BCUT2D eigenvalue weighted by molar-refractivity contribution is 7.09. The Morgan fingerprint density at radius 2 is 2.38 bits per heavy atom. The number of hydrogen-bond donors (Lipinski definition) is 1. The SMILES string of the molecule is O=C(O)c1cn(Cc2nccs2)ccc1=O. The number of thiazole rings is 1. The standard InChI is InChI=1S/C10H8N2O3S/c13-8-1-3-12(5-7(8)10(14)15)6-9-11-2-4-16-9/h1-5H,6H2,(H,14,15). The Labute approximate surface area is 94.6 Å². The van der Waals surface area contributed by atoms with Crippen LogP contribution in [0.5, 0.6) is 0 Å². The van der Waals surface area contributed by atoms with Gasteiger partial charge in [-0.3, -0.25) is 4.79 Å². The average molecular weight is 236 g/mol. The van der Waals surface area contributed by atoms with E-state index >= 15 is 0 Å². The largest absolute Gasteiger partial charge is 0.477 e. The number of aromatic carboxylic acids is 1. The van der Waals surface area contributed by atoms with Crippen LogP contribution in [-0.4, -0.2) is 20.6 Å². The highest BCUT2D eigenvalue weighted by Crippen LogP contribution is 2.06. The van der Waals surface area contributed by atoms with Crippen molar-refractivity contribution in [1.29, 1.82) is 0 Å². The summed E-state index contributed by atoms with van der Waals surface area (Å²) in [6, 6.07) is 1.25. The molecule has 0 aliphatic carbocycles. The van der Waals surface area contributed by atoms with Crippen LogP contribution >= 0.6 is 11.3 Å². The summed E-state index contributed by atoms with van der Waals surface area (Å²) in [5.41, 5.74) is -0.707. The molecule has 0 saturated carbocycles. The number of nitrogens with zero attached hydrogens (tertiary/aromatic N) is 2. The Hall–Kier alpha value is -1.95. The van der Waals surface area contributed by atoms with Gasteiger partial charge in [-0.05, 0) is 0 Å². The van der Waals surface area contributed by atoms with Crippen LogP contribution in [0.15, 0.2) is 34.8 Å². The smallest absolute Gasteiger partial charge is 0.341 e. The summed E-state index contributed by atoms with van der Waals surface area (Å²) in [4.78, 5) is 26.0. The fourth-order valence-electron chi connectivity index (χ4n) is 1.27. The molecule has 2 heterocycles. The number of pyridine rings is 1. The molecular weight excluding hydrogens is 228 g/mol. The van der Waals surface area contributed by atoms with Gasteiger partial charge >= 0.3 is 5.97 Å². The molecule has 0 aromatic carbocycles. The van der Waals surface area contributed by atoms with Crippen molar-refractivity contribution < 1.29 is 9.90 Å². The van der Waals surface area contributed by atoms with Crippen LogP contribution in [0.1, 0.15) is 15.4 Å². The van der Waals surface area contributed by atoms with E-state index in [1.807, 2.05) is 5.38 Å². The third-order valence-corrected chi connectivity index (χ3v) is 2.77. The van der Waals surface area contributed by atoms with Crippen LogP contribution in [0.4, 0.5) is 0 Å². The van der Waals surface area contributed by atoms with Crippen LogP contribution < -0.4 is 5.43 Å². The third kappa shape index (κ3) is 2.17. The van der Waals surface area contributed by atoms with Crippen molar-refractivity contribution in [3.8, 4) is 0 Å². The van der Waals surface area contributed by atoms with E-state index in [-0.39, 0.29) is 5.56 Å².